The standard InChI is InChI=1S/2C13H10FNO.2C4H9.Sn/c2*14-11-5-7-12(8-6-11)15-9-10-3-1-2-4-13(10)16;2*1-3-4-2;/h2*1-9,15H;2*1,3-4H2,2H3;/b2*10-9-;;;. The van der Waals surface area contributed by atoms with Crippen molar-refractivity contribution < 1.29 is 18.4 Å². The monoisotopic (exact) mass is 664 g/mol. The van der Waals surface area contributed by atoms with Crippen molar-refractivity contribution >= 4 is 44.1 Å². The summed E-state index contributed by atoms with van der Waals surface area (Å²) < 4.78 is 28.5. The summed E-state index contributed by atoms with van der Waals surface area (Å²) in [6, 6.07) is 11.9. The molecule has 2 aromatic rings. The number of unbranched alkanes of at least 4 members (excludes halogenated alkanes) is 2. The number of carbonyl (C=O) groups is 2. The zero-order valence-electron chi connectivity index (χ0n) is 23.7. The molecule has 7 heteroatoms. The van der Waals surface area contributed by atoms with Gasteiger partial charge in [-0.05, 0) is 72.8 Å². The fourth-order valence-electron chi connectivity index (χ4n) is 3.34. The maximum absolute atomic E-state index is 12.6. The zero-order valence-corrected chi connectivity index (χ0v) is 26.6. The Kier molecular flexibility index (Phi) is 16.7. The summed E-state index contributed by atoms with van der Waals surface area (Å²) in [4.78, 5) is 22.7. The van der Waals surface area contributed by atoms with Gasteiger partial charge in [0.15, 0.2) is 11.6 Å². The van der Waals surface area contributed by atoms with Crippen LogP contribution in [-0.4, -0.2) is 32.7 Å². The van der Waals surface area contributed by atoms with Gasteiger partial charge in [0.05, 0.1) is 0 Å². The van der Waals surface area contributed by atoms with E-state index in [-0.39, 0.29) is 44.3 Å². The molecular formula is C34H38F2N2O2Sn. The second-order valence-electron chi connectivity index (χ2n) is 9.12. The molecule has 0 amide bonds. The third-order valence-corrected chi connectivity index (χ3v) is 9.77. The molecule has 0 spiro atoms. The number of carbonyl (C=O) groups excluding carboxylic acids is 2. The van der Waals surface area contributed by atoms with Crippen molar-refractivity contribution in [2.75, 3.05) is 10.6 Å². The van der Waals surface area contributed by atoms with Gasteiger partial charge in [-0.15, -0.1) is 0 Å². The van der Waals surface area contributed by atoms with E-state index < -0.39 is 0 Å². The van der Waals surface area contributed by atoms with Gasteiger partial charge in [-0.1, -0.05) is 24.3 Å². The Hall–Kier alpha value is -3.52. The Labute approximate surface area is 252 Å². The van der Waals surface area contributed by atoms with Gasteiger partial charge >= 0.3 is 69.5 Å². The molecule has 2 radical (unpaired) electrons. The van der Waals surface area contributed by atoms with Crippen molar-refractivity contribution in [2.45, 2.75) is 48.4 Å². The molecule has 0 saturated carbocycles. The molecule has 4 rings (SSSR count). The van der Waals surface area contributed by atoms with Crippen molar-refractivity contribution in [3.63, 3.8) is 0 Å². The number of anilines is 2. The van der Waals surface area contributed by atoms with E-state index >= 15 is 0 Å². The maximum atomic E-state index is 12.6. The van der Waals surface area contributed by atoms with Crippen LogP contribution in [0.2, 0.25) is 8.87 Å². The summed E-state index contributed by atoms with van der Waals surface area (Å²) in [5, 5.41) is 5.87. The number of hydrogen-bond donors (Lipinski definition) is 2. The largest absolute Gasteiger partial charge is 0.361 e. The summed E-state index contributed by atoms with van der Waals surface area (Å²) in [6.45, 7) is 4.58. The quantitative estimate of drug-likeness (QED) is 0.152. The number of ketones is 2. The molecule has 2 aromatic carbocycles. The average molecular weight is 663 g/mol. The van der Waals surface area contributed by atoms with Crippen LogP contribution in [0.15, 0.2) is 121 Å². The Balaban J connectivity index is 0.000000225. The molecule has 4 nitrogen and oxygen atoms in total. The number of hydrogen-bond acceptors (Lipinski definition) is 4. The molecule has 0 bridgehead atoms. The van der Waals surface area contributed by atoms with Crippen LogP contribution in [0.3, 0.4) is 0 Å². The van der Waals surface area contributed by atoms with Crippen LogP contribution in [0.5, 0.6) is 0 Å². The first kappa shape index (κ1) is 33.7. The van der Waals surface area contributed by atoms with Gasteiger partial charge < -0.3 is 10.6 Å². The minimum atomic E-state index is -0.283. The van der Waals surface area contributed by atoms with E-state index in [2.05, 4.69) is 24.5 Å². The Bertz CT molecular complexity index is 1180. The third-order valence-electron chi connectivity index (χ3n) is 5.73. The first-order valence-electron chi connectivity index (χ1n) is 13.9. The van der Waals surface area contributed by atoms with Gasteiger partial charge in [-0.2, -0.15) is 0 Å². The molecule has 0 aliphatic heterocycles. The normalized spacial score (nSPS) is 15.3. The number of nitrogens with one attached hydrogen (secondary N) is 2. The predicted octanol–water partition coefficient (Wildman–Crippen LogP) is 8.76. The number of benzene rings is 2. The molecule has 2 aliphatic carbocycles. The van der Waals surface area contributed by atoms with E-state index in [4.69, 9.17) is 0 Å². The van der Waals surface area contributed by atoms with Crippen molar-refractivity contribution in [3.8, 4) is 0 Å². The minimum absolute atomic E-state index is 0.0443. The van der Waals surface area contributed by atoms with Gasteiger partial charge in [-0.25, -0.2) is 8.78 Å². The Morgan fingerprint density at radius 1 is 0.610 bits per heavy atom. The third kappa shape index (κ3) is 14.6. The Morgan fingerprint density at radius 3 is 1.32 bits per heavy atom. The first-order chi connectivity index (χ1) is 19.9. The van der Waals surface area contributed by atoms with Crippen molar-refractivity contribution in [3.05, 3.63) is 132 Å². The fraction of sp³-hybridized carbons (Fsp3) is 0.235. The molecule has 0 heterocycles. The minimum Gasteiger partial charge on any atom is -0.361 e. The Morgan fingerprint density at radius 2 is 0.976 bits per heavy atom. The summed E-state index contributed by atoms with van der Waals surface area (Å²) in [5.41, 5.74) is 2.63. The second-order valence-corrected chi connectivity index (χ2v) is 13.4. The van der Waals surface area contributed by atoms with Gasteiger partial charge in [0.1, 0.15) is 11.6 Å². The van der Waals surface area contributed by atoms with Crippen LogP contribution in [0.1, 0.15) is 39.5 Å². The summed E-state index contributed by atoms with van der Waals surface area (Å²) in [5.74, 6) is -0.654. The molecule has 2 N–H and O–H groups in total. The molecule has 0 unspecified atom stereocenters. The molecule has 214 valence electrons. The van der Waals surface area contributed by atoms with Crippen LogP contribution >= 0.6 is 0 Å². The van der Waals surface area contributed by atoms with E-state index in [0.717, 1.165) is 11.4 Å². The molecule has 0 saturated heterocycles. The van der Waals surface area contributed by atoms with E-state index in [9.17, 15) is 18.4 Å². The van der Waals surface area contributed by atoms with Crippen LogP contribution in [0.25, 0.3) is 0 Å². The topological polar surface area (TPSA) is 58.2 Å². The molecule has 0 fully saturated rings. The molecule has 2 aliphatic rings. The van der Waals surface area contributed by atoms with Gasteiger partial charge in [-0.3, -0.25) is 9.59 Å². The van der Waals surface area contributed by atoms with Crippen LogP contribution in [0.4, 0.5) is 20.2 Å². The first-order valence-corrected chi connectivity index (χ1v) is 17.9. The van der Waals surface area contributed by atoms with E-state index in [1.54, 1.807) is 82.0 Å². The second kappa shape index (κ2) is 20.4. The SMILES string of the molecule is CCC[CH2][Sn][CH2]CCC.O=C1C=CC=C/C1=C/Nc1ccc(F)cc1.O=C1C=CC=C/C1=C/Nc1ccc(F)cc1. The van der Waals surface area contributed by atoms with Gasteiger partial charge in [0.2, 0.25) is 0 Å². The molecule has 0 atom stereocenters. The van der Waals surface area contributed by atoms with Crippen LogP contribution < -0.4 is 10.6 Å². The zero-order chi connectivity index (χ0) is 29.7. The summed E-state index contributed by atoms with van der Waals surface area (Å²) in [7, 11) is 0. The van der Waals surface area contributed by atoms with E-state index in [1.165, 1.54) is 62.1 Å². The maximum Gasteiger partial charge on any atom is 0.187 e. The predicted molar refractivity (Wildman–Crippen MR) is 168 cm³/mol. The van der Waals surface area contributed by atoms with Crippen LogP contribution in [-0.2, 0) is 9.59 Å². The van der Waals surface area contributed by atoms with Crippen molar-refractivity contribution in [1.29, 1.82) is 0 Å². The summed E-state index contributed by atoms with van der Waals surface area (Å²) in [6.07, 6.45) is 22.5. The number of allylic oxidation sites excluding steroid dienone is 10. The smallest absolute Gasteiger partial charge is 0.187 e. The molecule has 41 heavy (non-hydrogen) atoms. The van der Waals surface area contributed by atoms with Crippen molar-refractivity contribution in [2.24, 2.45) is 0 Å². The average Bonchev–Trinajstić information content (AvgIpc) is 2.99. The molecule has 0 aromatic heterocycles. The number of halogens is 2. The van der Waals surface area contributed by atoms with Gasteiger partial charge in [0, 0.05) is 34.9 Å². The van der Waals surface area contributed by atoms with Gasteiger partial charge in [0.25, 0.3) is 0 Å². The van der Waals surface area contributed by atoms with Crippen molar-refractivity contribution in [1.82, 2.24) is 0 Å². The fourth-order valence-corrected chi connectivity index (χ4v) is 7.50. The van der Waals surface area contributed by atoms with E-state index in [0.29, 0.717) is 11.1 Å². The number of rotatable bonds is 10. The van der Waals surface area contributed by atoms with Crippen LogP contribution in [0, 0.1) is 11.6 Å². The summed E-state index contributed by atoms with van der Waals surface area (Å²) >= 11 is 0.149. The van der Waals surface area contributed by atoms with E-state index in [1.807, 2.05) is 0 Å². The molecular weight excluding hydrogens is 625 g/mol.